The van der Waals surface area contributed by atoms with E-state index in [0.717, 1.165) is 24.9 Å². The number of nitrogens with zero attached hydrogens (tertiary/aromatic N) is 2. The van der Waals surface area contributed by atoms with Crippen LogP contribution in [0.3, 0.4) is 0 Å². The van der Waals surface area contributed by atoms with Crippen LogP contribution in [0.4, 0.5) is 0 Å². The molecule has 1 aliphatic rings. The highest BCUT2D eigenvalue weighted by Gasteiger charge is 2.31. The second-order valence-corrected chi connectivity index (χ2v) is 4.76. The molecule has 2 heterocycles. The van der Waals surface area contributed by atoms with Gasteiger partial charge in [-0.25, -0.2) is 0 Å². The van der Waals surface area contributed by atoms with Gasteiger partial charge < -0.3 is 9.67 Å². The Kier molecular flexibility index (Phi) is 2.69. The van der Waals surface area contributed by atoms with Crippen molar-refractivity contribution in [3.05, 3.63) is 54.1 Å². The maximum absolute atomic E-state index is 10.0. The fourth-order valence-corrected chi connectivity index (χ4v) is 2.12. The van der Waals surface area contributed by atoms with E-state index in [2.05, 4.69) is 15.6 Å². The van der Waals surface area contributed by atoms with E-state index in [9.17, 15) is 5.11 Å². The zero-order valence-electron chi connectivity index (χ0n) is 9.66. The van der Waals surface area contributed by atoms with Crippen molar-refractivity contribution in [1.82, 2.24) is 9.55 Å². The van der Waals surface area contributed by atoms with E-state index in [1.807, 2.05) is 30.7 Å². The third-order valence-corrected chi connectivity index (χ3v) is 3.27. The first-order chi connectivity index (χ1) is 8.33. The van der Waals surface area contributed by atoms with E-state index < -0.39 is 0 Å². The molecule has 0 spiro atoms. The van der Waals surface area contributed by atoms with E-state index in [-0.39, 0.29) is 6.10 Å². The quantitative estimate of drug-likeness (QED) is 0.872. The summed E-state index contributed by atoms with van der Waals surface area (Å²) < 4.78 is 2.10. The van der Waals surface area contributed by atoms with E-state index in [0.29, 0.717) is 5.92 Å². The lowest BCUT2D eigenvalue weighted by Crippen LogP contribution is -1.99. The third kappa shape index (κ3) is 2.39. The highest BCUT2D eigenvalue weighted by Crippen LogP contribution is 2.40. The molecule has 0 amide bonds. The van der Waals surface area contributed by atoms with Crippen LogP contribution in [0.5, 0.6) is 0 Å². The highest BCUT2D eigenvalue weighted by molar-refractivity contribution is 5.18. The van der Waals surface area contributed by atoms with Gasteiger partial charge in [0.2, 0.25) is 0 Å². The predicted molar refractivity (Wildman–Crippen MR) is 65.5 cm³/mol. The number of aliphatic hydroxyl groups excluding tert-OH is 1. The number of rotatable bonds is 4. The Bertz CT molecular complexity index is 488. The molecule has 2 aromatic rings. The Morgan fingerprint density at radius 3 is 3.00 bits per heavy atom. The SMILES string of the molecule is OC(c1ccn(Cc2cccnc2)c1)C1CC1. The molecular formula is C14H16N2O. The number of aliphatic hydroxyl groups is 1. The summed E-state index contributed by atoms with van der Waals surface area (Å²) in [5.41, 5.74) is 2.21. The third-order valence-electron chi connectivity index (χ3n) is 3.27. The van der Waals surface area contributed by atoms with Crippen LogP contribution in [0.2, 0.25) is 0 Å². The Morgan fingerprint density at radius 2 is 2.29 bits per heavy atom. The van der Waals surface area contributed by atoms with Crippen molar-refractivity contribution in [3.8, 4) is 0 Å². The monoisotopic (exact) mass is 228 g/mol. The predicted octanol–water partition coefficient (Wildman–Crippen LogP) is 2.37. The Morgan fingerprint density at radius 1 is 1.41 bits per heavy atom. The van der Waals surface area contributed by atoms with Crippen LogP contribution in [0, 0.1) is 5.92 Å². The minimum atomic E-state index is -0.273. The molecule has 1 fully saturated rings. The molecule has 3 heteroatoms. The van der Waals surface area contributed by atoms with Gasteiger partial charge in [-0.15, -0.1) is 0 Å². The first kappa shape index (κ1) is 10.5. The van der Waals surface area contributed by atoms with Crippen LogP contribution >= 0.6 is 0 Å². The van der Waals surface area contributed by atoms with Crippen LogP contribution in [0.25, 0.3) is 0 Å². The zero-order chi connectivity index (χ0) is 11.7. The number of hydrogen-bond acceptors (Lipinski definition) is 2. The number of hydrogen-bond donors (Lipinski definition) is 1. The van der Waals surface area contributed by atoms with Crippen molar-refractivity contribution in [2.75, 3.05) is 0 Å². The summed E-state index contributed by atoms with van der Waals surface area (Å²) in [7, 11) is 0. The van der Waals surface area contributed by atoms with Crippen LogP contribution in [-0.4, -0.2) is 14.7 Å². The number of pyridine rings is 1. The van der Waals surface area contributed by atoms with Crippen LogP contribution in [0.15, 0.2) is 43.0 Å². The standard InChI is InChI=1S/C14H16N2O/c17-14(12-3-4-12)13-5-7-16(10-13)9-11-2-1-6-15-8-11/h1-2,5-8,10,12,14,17H,3-4,9H2. The first-order valence-corrected chi connectivity index (χ1v) is 6.05. The van der Waals surface area contributed by atoms with Gasteiger partial charge in [0.05, 0.1) is 6.10 Å². The van der Waals surface area contributed by atoms with Crippen molar-refractivity contribution in [3.63, 3.8) is 0 Å². The zero-order valence-corrected chi connectivity index (χ0v) is 9.66. The van der Waals surface area contributed by atoms with Gasteiger partial charge in [-0.05, 0) is 42.0 Å². The summed E-state index contributed by atoms with van der Waals surface area (Å²) in [6, 6.07) is 6.02. The van der Waals surface area contributed by atoms with Gasteiger partial charge in [-0.2, -0.15) is 0 Å². The van der Waals surface area contributed by atoms with E-state index in [1.54, 1.807) is 6.20 Å². The molecule has 0 bridgehead atoms. The van der Waals surface area contributed by atoms with Gasteiger partial charge in [0, 0.05) is 31.3 Å². The Labute approximate surface area is 101 Å². The van der Waals surface area contributed by atoms with E-state index >= 15 is 0 Å². The minimum absolute atomic E-state index is 0.273. The molecule has 1 aliphatic carbocycles. The van der Waals surface area contributed by atoms with Gasteiger partial charge in [0.15, 0.2) is 0 Å². The van der Waals surface area contributed by atoms with Crippen molar-refractivity contribution < 1.29 is 5.11 Å². The van der Waals surface area contributed by atoms with E-state index in [4.69, 9.17) is 0 Å². The van der Waals surface area contributed by atoms with Crippen molar-refractivity contribution in [1.29, 1.82) is 0 Å². The largest absolute Gasteiger partial charge is 0.388 e. The second kappa shape index (κ2) is 4.34. The summed E-state index contributed by atoms with van der Waals surface area (Å²) >= 11 is 0. The molecule has 0 radical (unpaired) electrons. The molecule has 0 aromatic carbocycles. The lowest BCUT2D eigenvalue weighted by atomic mass is 10.1. The highest BCUT2D eigenvalue weighted by atomic mass is 16.3. The Hall–Kier alpha value is -1.61. The maximum Gasteiger partial charge on any atom is 0.0832 e. The maximum atomic E-state index is 10.0. The summed E-state index contributed by atoms with van der Waals surface area (Å²) in [5, 5.41) is 10.0. The molecule has 1 N–H and O–H groups in total. The molecule has 0 saturated heterocycles. The summed E-state index contributed by atoms with van der Waals surface area (Å²) in [5.74, 6) is 0.490. The minimum Gasteiger partial charge on any atom is -0.388 e. The van der Waals surface area contributed by atoms with Gasteiger partial charge in [0.1, 0.15) is 0 Å². The molecule has 2 aromatic heterocycles. The molecule has 3 rings (SSSR count). The molecule has 1 saturated carbocycles. The smallest absolute Gasteiger partial charge is 0.0832 e. The fraction of sp³-hybridized carbons (Fsp3) is 0.357. The summed E-state index contributed by atoms with van der Waals surface area (Å²) in [6.07, 6.45) is 9.76. The molecule has 1 atom stereocenters. The molecule has 1 unspecified atom stereocenters. The van der Waals surface area contributed by atoms with Gasteiger partial charge in [-0.1, -0.05) is 6.07 Å². The molecule has 17 heavy (non-hydrogen) atoms. The molecule has 88 valence electrons. The second-order valence-electron chi connectivity index (χ2n) is 4.76. The van der Waals surface area contributed by atoms with Gasteiger partial charge in [0.25, 0.3) is 0 Å². The lowest BCUT2D eigenvalue weighted by molar-refractivity contribution is 0.154. The van der Waals surface area contributed by atoms with Crippen LogP contribution < -0.4 is 0 Å². The van der Waals surface area contributed by atoms with Crippen LogP contribution in [0.1, 0.15) is 30.1 Å². The van der Waals surface area contributed by atoms with Crippen LogP contribution in [-0.2, 0) is 6.54 Å². The average Bonchev–Trinajstić information content (AvgIpc) is 3.11. The fourth-order valence-electron chi connectivity index (χ4n) is 2.12. The Balaban J connectivity index is 1.72. The van der Waals surface area contributed by atoms with E-state index in [1.165, 1.54) is 5.56 Å². The van der Waals surface area contributed by atoms with Crippen molar-refractivity contribution >= 4 is 0 Å². The normalized spacial score (nSPS) is 17.0. The molecule has 3 nitrogen and oxygen atoms in total. The molecular weight excluding hydrogens is 212 g/mol. The number of aromatic nitrogens is 2. The van der Waals surface area contributed by atoms with Crippen molar-refractivity contribution in [2.24, 2.45) is 5.92 Å². The van der Waals surface area contributed by atoms with Gasteiger partial charge in [-0.3, -0.25) is 4.98 Å². The summed E-state index contributed by atoms with van der Waals surface area (Å²) in [6.45, 7) is 0.811. The topological polar surface area (TPSA) is 38.0 Å². The lowest BCUT2D eigenvalue weighted by Gasteiger charge is -2.06. The average molecular weight is 228 g/mol. The van der Waals surface area contributed by atoms with Crippen molar-refractivity contribution in [2.45, 2.75) is 25.5 Å². The van der Waals surface area contributed by atoms with Gasteiger partial charge >= 0.3 is 0 Å². The first-order valence-electron chi connectivity index (χ1n) is 6.05. The molecule has 0 aliphatic heterocycles. The summed E-state index contributed by atoms with van der Waals surface area (Å²) in [4.78, 5) is 4.10.